The van der Waals surface area contributed by atoms with Crippen LogP contribution in [-0.2, 0) is 0 Å². The van der Waals surface area contributed by atoms with Gasteiger partial charge in [0.25, 0.3) is 5.91 Å². The van der Waals surface area contributed by atoms with E-state index in [4.69, 9.17) is 0 Å². The lowest BCUT2D eigenvalue weighted by molar-refractivity contribution is 0.0987. The Balaban J connectivity index is 2.35. The Morgan fingerprint density at radius 1 is 1.22 bits per heavy atom. The number of aromatic nitrogens is 2. The summed E-state index contributed by atoms with van der Waals surface area (Å²) in [5.74, 6) is -0.0228. The van der Waals surface area contributed by atoms with Crippen molar-refractivity contribution in [1.82, 2.24) is 9.97 Å². The Bertz CT molecular complexity index is 540. The number of benzene rings is 1. The van der Waals surface area contributed by atoms with Gasteiger partial charge in [0, 0.05) is 12.1 Å². The molecule has 0 aliphatic heterocycles. The second-order valence-corrected chi connectivity index (χ2v) is 3.96. The summed E-state index contributed by atoms with van der Waals surface area (Å²) >= 11 is 0. The van der Waals surface area contributed by atoms with Crippen LogP contribution in [0.5, 0.6) is 0 Å². The van der Waals surface area contributed by atoms with Gasteiger partial charge in [-0.1, -0.05) is 18.2 Å². The lowest BCUT2D eigenvalue weighted by Crippen LogP contribution is -2.31. The van der Waals surface area contributed by atoms with E-state index in [0.29, 0.717) is 17.8 Å². The normalized spacial score (nSPS) is 10.1. The molecule has 2 rings (SSSR count). The zero-order chi connectivity index (χ0) is 13.0. The van der Waals surface area contributed by atoms with E-state index in [-0.39, 0.29) is 5.91 Å². The van der Waals surface area contributed by atoms with E-state index in [1.165, 1.54) is 6.33 Å². The third-order valence-corrected chi connectivity index (χ3v) is 2.80. The highest BCUT2D eigenvalue weighted by Crippen LogP contribution is 2.16. The molecule has 1 aromatic heterocycles. The molecule has 0 spiro atoms. The molecule has 0 fully saturated rings. The standard InChI is InChI=1S/C14H15N3O/c1-3-17(12-8-15-10-16-9-12)14(18)13-7-5-4-6-11(13)2/h4-10H,3H2,1-2H3. The van der Waals surface area contributed by atoms with Gasteiger partial charge in [-0.25, -0.2) is 9.97 Å². The molecule has 18 heavy (non-hydrogen) atoms. The summed E-state index contributed by atoms with van der Waals surface area (Å²) in [7, 11) is 0. The first-order valence-electron chi connectivity index (χ1n) is 5.86. The van der Waals surface area contributed by atoms with Crippen LogP contribution in [-0.4, -0.2) is 22.4 Å². The maximum atomic E-state index is 12.5. The number of carbonyl (C=O) groups is 1. The van der Waals surface area contributed by atoms with Crippen LogP contribution in [0.3, 0.4) is 0 Å². The minimum atomic E-state index is -0.0228. The zero-order valence-corrected chi connectivity index (χ0v) is 10.5. The monoisotopic (exact) mass is 241 g/mol. The second-order valence-electron chi connectivity index (χ2n) is 3.96. The fourth-order valence-corrected chi connectivity index (χ4v) is 1.83. The number of hydrogen-bond acceptors (Lipinski definition) is 3. The third-order valence-electron chi connectivity index (χ3n) is 2.80. The van der Waals surface area contributed by atoms with E-state index in [0.717, 1.165) is 5.56 Å². The van der Waals surface area contributed by atoms with E-state index in [1.807, 2.05) is 38.1 Å². The highest BCUT2D eigenvalue weighted by Gasteiger charge is 2.17. The van der Waals surface area contributed by atoms with Gasteiger partial charge in [-0.15, -0.1) is 0 Å². The van der Waals surface area contributed by atoms with Gasteiger partial charge in [0.2, 0.25) is 0 Å². The predicted octanol–water partition coefficient (Wildman–Crippen LogP) is 2.45. The quantitative estimate of drug-likeness (QED) is 0.829. The number of aryl methyl sites for hydroxylation is 1. The molecule has 0 saturated carbocycles. The smallest absolute Gasteiger partial charge is 0.258 e. The Kier molecular flexibility index (Phi) is 3.67. The molecule has 0 N–H and O–H groups in total. The minimum Gasteiger partial charge on any atom is -0.306 e. The maximum absolute atomic E-state index is 12.5. The molecule has 1 heterocycles. The van der Waals surface area contributed by atoms with E-state index in [1.54, 1.807) is 17.3 Å². The van der Waals surface area contributed by atoms with Crippen molar-refractivity contribution in [3.63, 3.8) is 0 Å². The third kappa shape index (κ3) is 2.37. The SMILES string of the molecule is CCN(C(=O)c1ccccc1C)c1cncnc1. The largest absolute Gasteiger partial charge is 0.306 e. The van der Waals surface area contributed by atoms with Crippen molar-refractivity contribution in [2.45, 2.75) is 13.8 Å². The molecule has 4 nitrogen and oxygen atoms in total. The lowest BCUT2D eigenvalue weighted by atomic mass is 10.1. The number of carbonyl (C=O) groups excluding carboxylic acids is 1. The first-order chi connectivity index (χ1) is 8.74. The molecule has 0 saturated heterocycles. The number of nitrogens with zero attached hydrogens (tertiary/aromatic N) is 3. The van der Waals surface area contributed by atoms with Crippen molar-refractivity contribution in [2.24, 2.45) is 0 Å². The van der Waals surface area contributed by atoms with E-state index < -0.39 is 0 Å². The second kappa shape index (κ2) is 5.40. The summed E-state index contributed by atoms with van der Waals surface area (Å²) in [6, 6.07) is 7.57. The first kappa shape index (κ1) is 12.2. The Morgan fingerprint density at radius 3 is 2.50 bits per heavy atom. The van der Waals surface area contributed by atoms with Crippen LogP contribution in [0, 0.1) is 6.92 Å². The number of rotatable bonds is 3. The zero-order valence-electron chi connectivity index (χ0n) is 10.5. The molecule has 0 bridgehead atoms. The van der Waals surface area contributed by atoms with Crippen LogP contribution in [0.15, 0.2) is 43.0 Å². The summed E-state index contributed by atoms with van der Waals surface area (Å²) in [4.78, 5) is 22.0. The molecule has 0 radical (unpaired) electrons. The molecule has 92 valence electrons. The van der Waals surface area contributed by atoms with Gasteiger partial charge in [0.05, 0.1) is 18.1 Å². The van der Waals surface area contributed by atoms with Crippen molar-refractivity contribution in [2.75, 3.05) is 11.4 Å². The minimum absolute atomic E-state index is 0.0228. The van der Waals surface area contributed by atoms with Gasteiger partial charge in [-0.3, -0.25) is 4.79 Å². The number of hydrogen-bond donors (Lipinski definition) is 0. The lowest BCUT2D eigenvalue weighted by Gasteiger charge is -2.21. The molecule has 4 heteroatoms. The van der Waals surface area contributed by atoms with Gasteiger partial charge in [0.1, 0.15) is 6.33 Å². The van der Waals surface area contributed by atoms with Crippen molar-refractivity contribution in [3.05, 3.63) is 54.1 Å². The summed E-state index contributed by atoms with van der Waals surface area (Å²) < 4.78 is 0. The van der Waals surface area contributed by atoms with Crippen LogP contribution in [0.4, 0.5) is 5.69 Å². The van der Waals surface area contributed by atoms with Crippen molar-refractivity contribution in [1.29, 1.82) is 0 Å². The molecule has 1 aromatic carbocycles. The van der Waals surface area contributed by atoms with Crippen molar-refractivity contribution in [3.8, 4) is 0 Å². The molecule has 0 unspecified atom stereocenters. The summed E-state index contributed by atoms with van der Waals surface area (Å²) in [6.07, 6.45) is 4.74. The fourth-order valence-electron chi connectivity index (χ4n) is 1.83. The maximum Gasteiger partial charge on any atom is 0.258 e. The van der Waals surface area contributed by atoms with Crippen LogP contribution < -0.4 is 4.90 Å². The fraction of sp³-hybridized carbons (Fsp3) is 0.214. The average molecular weight is 241 g/mol. The molecule has 1 amide bonds. The van der Waals surface area contributed by atoms with Gasteiger partial charge in [0.15, 0.2) is 0 Å². The van der Waals surface area contributed by atoms with Gasteiger partial charge >= 0.3 is 0 Å². The number of amides is 1. The topological polar surface area (TPSA) is 46.1 Å². The van der Waals surface area contributed by atoms with Crippen LogP contribution in [0.1, 0.15) is 22.8 Å². The van der Waals surface area contributed by atoms with Gasteiger partial charge in [-0.05, 0) is 25.5 Å². The Hall–Kier alpha value is -2.23. The van der Waals surface area contributed by atoms with E-state index >= 15 is 0 Å². The summed E-state index contributed by atoms with van der Waals surface area (Å²) in [5, 5.41) is 0. The number of anilines is 1. The molecular weight excluding hydrogens is 226 g/mol. The van der Waals surface area contributed by atoms with Crippen LogP contribution in [0.2, 0.25) is 0 Å². The Labute approximate surface area is 106 Å². The summed E-state index contributed by atoms with van der Waals surface area (Å²) in [6.45, 7) is 4.45. The van der Waals surface area contributed by atoms with Crippen LogP contribution in [0.25, 0.3) is 0 Å². The highest BCUT2D eigenvalue weighted by atomic mass is 16.2. The predicted molar refractivity (Wildman–Crippen MR) is 70.6 cm³/mol. The van der Waals surface area contributed by atoms with Crippen molar-refractivity contribution < 1.29 is 4.79 Å². The first-order valence-corrected chi connectivity index (χ1v) is 5.86. The Morgan fingerprint density at radius 2 is 1.89 bits per heavy atom. The van der Waals surface area contributed by atoms with E-state index in [2.05, 4.69) is 9.97 Å². The molecule has 0 atom stereocenters. The molecular formula is C14H15N3O. The highest BCUT2D eigenvalue weighted by molar-refractivity contribution is 6.06. The molecule has 0 aliphatic rings. The van der Waals surface area contributed by atoms with Gasteiger partial charge < -0.3 is 4.90 Å². The van der Waals surface area contributed by atoms with E-state index in [9.17, 15) is 4.79 Å². The van der Waals surface area contributed by atoms with Crippen molar-refractivity contribution >= 4 is 11.6 Å². The summed E-state index contributed by atoms with van der Waals surface area (Å²) in [5.41, 5.74) is 2.40. The van der Waals surface area contributed by atoms with Gasteiger partial charge in [-0.2, -0.15) is 0 Å². The average Bonchev–Trinajstić information content (AvgIpc) is 2.41. The molecule has 2 aromatic rings. The van der Waals surface area contributed by atoms with Crippen LogP contribution >= 0.6 is 0 Å². The molecule has 0 aliphatic carbocycles.